The Morgan fingerprint density at radius 2 is 2.15 bits per heavy atom. The van der Waals surface area contributed by atoms with E-state index in [2.05, 4.69) is 14.8 Å². The minimum Gasteiger partial charge on any atom is -0.398 e. The number of benzene rings is 1. The van der Waals surface area contributed by atoms with Crippen molar-refractivity contribution in [1.82, 2.24) is 19.5 Å². The Balaban J connectivity index is 2.06. The van der Waals surface area contributed by atoms with E-state index in [1.165, 1.54) is 6.07 Å². The Labute approximate surface area is 117 Å². The quantitative estimate of drug-likeness (QED) is 0.768. The van der Waals surface area contributed by atoms with Crippen LogP contribution in [0.1, 0.15) is 11.4 Å². The zero-order valence-electron chi connectivity index (χ0n) is 11.4. The fourth-order valence-electron chi connectivity index (χ4n) is 1.80. The van der Waals surface area contributed by atoms with Crippen molar-refractivity contribution in [1.29, 1.82) is 0 Å². The van der Waals surface area contributed by atoms with E-state index in [1.807, 2.05) is 0 Å². The third kappa shape index (κ3) is 3.14. The molecule has 2 aromatic rings. The van der Waals surface area contributed by atoms with Gasteiger partial charge in [0.05, 0.1) is 4.90 Å². The molecule has 1 heterocycles. The number of sulfonamides is 1. The zero-order valence-corrected chi connectivity index (χ0v) is 12.2. The fraction of sp³-hybridized carbons (Fsp3) is 0.333. The highest BCUT2D eigenvalue weighted by Gasteiger charge is 2.17. The first kappa shape index (κ1) is 14.5. The summed E-state index contributed by atoms with van der Waals surface area (Å²) < 4.78 is 28.5. The van der Waals surface area contributed by atoms with Crippen LogP contribution in [0.2, 0.25) is 0 Å². The maximum Gasteiger partial charge on any atom is 0.240 e. The first-order chi connectivity index (χ1) is 9.40. The van der Waals surface area contributed by atoms with Crippen LogP contribution in [0.3, 0.4) is 0 Å². The van der Waals surface area contributed by atoms with Crippen molar-refractivity contribution in [3.63, 3.8) is 0 Å². The standard InChI is InChI=1S/C12H17N5O2S/c1-9-10(13)4-3-5-11(9)20(18,19)15-7-6-12-14-8-17(2)16-12/h3-5,8,15H,6-7,13H2,1-2H3. The molecule has 8 heteroatoms. The fourth-order valence-corrected chi connectivity index (χ4v) is 3.10. The van der Waals surface area contributed by atoms with E-state index in [0.717, 1.165) is 0 Å². The number of nitrogens with two attached hydrogens (primary N) is 1. The van der Waals surface area contributed by atoms with Crippen LogP contribution in [0.5, 0.6) is 0 Å². The Morgan fingerprint density at radius 1 is 1.40 bits per heavy atom. The van der Waals surface area contributed by atoms with Gasteiger partial charge in [0.2, 0.25) is 10.0 Å². The highest BCUT2D eigenvalue weighted by molar-refractivity contribution is 7.89. The highest BCUT2D eigenvalue weighted by atomic mass is 32.2. The lowest BCUT2D eigenvalue weighted by atomic mass is 10.2. The van der Waals surface area contributed by atoms with E-state index >= 15 is 0 Å². The summed E-state index contributed by atoms with van der Waals surface area (Å²) in [5.74, 6) is 0.597. The maximum atomic E-state index is 12.2. The van der Waals surface area contributed by atoms with Gasteiger partial charge in [0.1, 0.15) is 6.33 Å². The Morgan fingerprint density at radius 3 is 2.80 bits per heavy atom. The van der Waals surface area contributed by atoms with Crippen LogP contribution in [0, 0.1) is 6.92 Å². The number of aryl methyl sites for hydroxylation is 1. The van der Waals surface area contributed by atoms with Crippen LogP contribution in [0.4, 0.5) is 5.69 Å². The number of nitrogen functional groups attached to an aromatic ring is 1. The molecule has 0 aliphatic carbocycles. The van der Waals surface area contributed by atoms with E-state index in [1.54, 1.807) is 37.1 Å². The number of nitrogens with one attached hydrogen (secondary N) is 1. The van der Waals surface area contributed by atoms with Gasteiger partial charge in [-0.05, 0) is 24.6 Å². The van der Waals surface area contributed by atoms with Crippen molar-refractivity contribution in [2.45, 2.75) is 18.2 Å². The van der Waals surface area contributed by atoms with Gasteiger partial charge in [0.25, 0.3) is 0 Å². The number of hydrogen-bond acceptors (Lipinski definition) is 5. The lowest BCUT2D eigenvalue weighted by Crippen LogP contribution is -2.27. The summed E-state index contributed by atoms with van der Waals surface area (Å²) in [6.45, 7) is 1.92. The first-order valence-electron chi connectivity index (χ1n) is 6.09. The SMILES string of the molecule is Cc1c(N)cccc1S(=O)(=O)NCCc1ncn(C)n1. The summed E-state index contributed by atoms with van der Waals surface area (Å²) in [4.78, 5) is 4.24. The largest absolute Gasteiger partial charge is 0.398 e. The monoisotopic (exact) mass is 295 g/mol. The summed E-state index contributed by atoms with van der Waals surface area (Å²) in [6.07, 6.45) is 2.01. The van der Waals surface area contributed by atoms with Crippen molar-refractivity contribution in [2.24, 2.45) is 7.05 Å². The van der Waals surface area contributed by atoms with Crippen molar-refractivity contribution >= 4 is 15.7 Å². The average molecular weight is 295 g/mol. The molecule has 108 valence electrons. The molecule has 0 radical (unpaired) electrons. The number of anilines is 1. The average Bonchev–Trinajstić information content (AvgIpc) is 2.78. The number of aromatic nitrogens is 3. The summed E-state index contributed by atoms with van der Waals surface area (Å²) in [5, 5.41) is 4.09. The van der Waals surface area contributed by atoms with Gasteiger partial charge in [-0.3, -0.25) is 4.68 Å². The molecule has 1 aromatic carbocycles. The summed E-state index contributed by atoms with van der Waals surface area (Å²) in [6, 6.07) is 4.83. The van der Waals surface area contributed by atoms with Crippen molar-refractivity contribution < 1.29 is 8.42 Å². The normalized spacial score (nSPS) is 11.7. The van der Waals surface area contributed by atoms with Crippen LogP contribution in [0.25, 0.3) is 0 Å². The molecule has 0 spiro atoms. The predicted octanol–water partition coefficient (Wildman–Crippen LogP) is 0.227. The second-order valence-corrected chi connectivity index (χ2v) is 6.19. The second-order valence-electron chi connectivity index (χ2n) is 4.45. The third-order valence-electron chi connectivity index (χ3n) is 2.90. The van der Waals surface area contributed by atoms with Crippen LogP contribution in [-0.2, 0) is 23.5 Å². The summed E-state index contributed by atoms with van der Waals surface area (Å²) >= 11 is 0. The molecule has 0 bridgehead atoms. The molecule has 7 nitrogen and oxygen atoms in total. The third-order valence-corrected chi connectivity index (χ3v) is 4.51. The van der Waals surface area contributed by atoms with Crippen LogP contribution >= 0.6 is 0 Å². The number of nitrogens with zero attached hydrogens (tertiary/aromatic N) is 3. The predicted molar refractivity (Wildman–Crippen MR) is 75.5 cm³/mol. The molecule has 2 rings (SSSR count). The van der Waals surface area contributed by atoms with Crippen molar-refractivity contribution in [2.75, 3.05) is 12.3 Å². The van der Waals surface area contributed by atoms with Crippen LogP contribution in [0.15, 0.2) is 29.4 Å². The molecule has 0 amide bonds. The molecule has 0 aliphatic rings. The second kappa shape index (κ2) is 5.59. The molecular weight excluding hydrogens is 278 g/mol. The molecule has 0 fully saturated rings. The van der Waals surface area contributed by atoms with Gasteiger partial charge in [-0.1, -0.05) is 6.07 Å². The molecule has 0 aliphatic heterocycles. The Kier molecular flexibility index (Phi) is 4.05. The summed E-state index contributed by atoms with van der Waals surface area (Å²) in [7, 11) is -1.81. The lowest BCUT2D eigenvalue weighted by molar-refractivity contribution is 0.580. The minimum absolute atomic E-state index is 0.200. The number of rotatable bonds is 5. The lowest BCUT2D eigenvalue weighted by Gasteiger charge is -2.10. The smallest absolute Gasteiger partial charge is 0.240 e. The van der Waals surface area contributed by atoms with Gasteiger partial charge < -0.3 is 5.73 Å². The van der Waals surface area contributed by atoms with Gasteiger partial charge in [-0.25, -0.2) is 18.1 Å². The number of hydrogen-bond donors (Lipinski definition) is 2. The molecule has 3 N–H and O–H groups in total. The van der Waals surface area contributed by atoms with Crippen molar-refractivity contribution in [3.8, 4) is 0 Å². The molecular formula is C12H17N5O2S. The molecule has 20 heavy (non-hydrogen) atoms. The zero-order chi connectivity index (χ0) is 14.8. The Hall–Kier alpha value is -1.93. The molecule has 1 aromatic heterocycles. The van der Waals surface area contributed by atoms with Gasteiger partial charge >= 0.3 is 0 Å². The van der Waals surface area contributed by atoms with Gasteiger partial charge in [0, 0.05) is 25.7 Å². The van der Waals surface area contributed by atoms with Gasteiger partial charge in [0.15, 0.2) is 5.82 Å². The van der Waals surface area contributed by atoms with E-state index in [-0.39, 0.29) is 11.4 Å². The van der Waals surface area contributed by atoms with Gasteiger partial charge in [-0.2, -0.15) is 5.10 Å². The van der Waals surface area contributed by atoms with E-state index in [9.17, 15) is 8.42 Å². The van der Waals surface area contributed by atoms with Crippen LogP contribution in [-0.4, -0.2) is 29.7 Å². The molecule has 0 saturated heterocycles. The topological polar surface area (TPSA) is 103 Å². The van der Waals surface area contributed by atoms with E-state index < -0.39 is 10.0 Å². The van der Waals surface area contributed by atoms with E-state index in [4.69, 9.17) is 5.73 Å². The van der Waals surface area contributed by atoms with Crippen LogP contribution < -0.4 is 10.5 Å². The Bertz CT molecular complexity index is 708. The first-order valence-corrected chi connectivity index (χ1v) is 7.58. The van der Waals surface area contributed by atoms with Crippen molar-refractivity contribution in [3.05, 3.63) is 35.9 Å². The molecule has 0 atom stereocenters. The summed E-state index contributed by atoms with van der Waals surface area (Å²) in [5.41, 5.74) is 6.73. The molecule has 0 saturated carbocycles. The van der Waals surface area contributed by atoms with E-state index in [0.29, 0.717) is 23.5 Å². The van der Waals surface area contributed by atoms with Gasteiger partial charge in [-0.15, -0.1) is 0 Å². The minimum atomic E-state index is -3.57. The maximum absolute atomic E-state index is 12.2. The highest BCUT2D eigenvalue weighted by Crippen LogP contribution is 2.19. The molecule has 0 unspecified atom stereocenters.